The molecule has 0 heterocycles. The molecule has 0 bridgehead atoms. The van der Waals surface area contributed by atoms with Crippen molar-refractivity contribution < 1.29 is 19.0 Å². The number of hydrogen-bond acceptors (Lipinski definition) is 5. The molecular formula is C10H21NO4. The van der Waals surface area contributed by atoms with E-state index in [0.717, 1.165) is 6.42 Å². The van der Waals surface area contributed by atoms with Crippen molar-refractivity contribution in [3.05, 3.63) is 0 Å². The number of nitrogens with two attached hydrogens (primary N) is 1. The molecule has 0 aromatic carbocycles. The van der Waals surface area contributed by atoms with Crippen LogP contribution in [0.2, 0.25) is 0 Å². The summed E-state index contributed by atoms with van der Waals surface area (Å²) in [6, 6.07) is 0.158. The summed E-state index contributed by atoms with van der Waals surface area (Å²) in [4.78, 5) is 10.8. The SMILES string of the molecule is CCOC(=O)COCCOCCC(C)N. The van der Waals surface area contributed by atoms with E-state index in [1.807, 2.05) is 6.92 Å². The lowest BCUT2D eigenvalue weighted by Crippen LogP contribution is -2.19. The van der Waals surface area contributed by atoms with Gasteiger partial charge in [0.2, 0.25) is 0 Å². The Labute approximate surface area is 90.9 Å². The predicted molar refractivity (Wildman–Crippen MR) is 56.5 cm³/mol. The Hall–Kier alpha value is -0.650. The maximum absolute atomic E-state index is 10.8. The van der Waals surface area contributed by atoms with E-state index in [2.05, 4.69) is 4.74 Å². The summed E-state index contributed by atoms with van der Waals surface area (Å²) < 4.78 is 14.9. The number of carbonyl (C=O) groups excluding carboxylic acids is 1. The molecule has 0 saturated heterocycles. The van der Waals surface area contributed by atoms with Crippen LogP contribution >= 0.6 is 0 Å². The molecule has 5 nitrogen and oxygen atoms in total. The molecule has 0 aliphatic rings. The second kappa shape index (κ2) is 9.89. The Morgan fingerprint density at radius 2 is 1.93 bits per heavy atom. The van der Waals surface area contributed by atoms with E-state index in [4.69, 9.17) is 15.2 Å². The monoisotopic (exact) mass is 219 g/mol. The molecule has 0 aromatic rings. The zero-order valence-electron chi connectivity index (χ0n) is 9.53. The summed E-state index contributed by atoms with van der Waals surface area (Å²) in [5.74, 6) is -0.340. The largest absolute Gasteiger partial charge is 0.464 e. The predicted octanol–water partition coefficient (Wildman–Crippen LogP) is 0.320. The van der Waals surface area contributed by atoms with Gasteiger partial charge in [-0.25, -0.2) is 4.79 Å². The Morgan fingerprint density at radius 1 is 1.27 bits per heavy atom. The third kappa shape index (κ3) is 11.3. The second-order valence-electron chi connectivity index (χ2n) is 3.24. The smallest absolute Gasteiger partial charge is 0.332 e. The molecule has 0 rings (SSSR count). The van der Waals surface area contributed by atoms with Crippen molar-refractivity contribution in [3.8, 4) is 0 Å². The minimum atomic E-state index is -0.340. The van der Waals surface area contributed by atoms with Crippen molar-refractivity contribution in [2.45, 2.75) is 26.3 Å². The molecule has 15 heavy (non-hydrogen) atoms. The van der Waals surface area contributed by atoms with Crippen molar-refractivity contribution in [1.82, 2.24) is 0 Å². The number of esters is 1. The summed E-state index contributed by atoms with van der Waals surface area (Å²) in [6.45, 7) is 5.57. The summed E-state index contributed by atoms with van der Waals surface area (Å²) in [7, 11) is 0. The van der Waals surface area contributed by atoms with Crippen molar-refractivity contribution in [2.24, 2.45) is 5.73 Å². The van der Waals surface area contributed by atoms with Crippen LogP contribution in [0.1, 0.15) is 20.3 Å². The maximum atomic E-state index is 10.8. The fourth-order valence-corrected chi connectivity index (χ4v) is 0.847. The Morgan fingerprint density at radius 3 is 2.53 bits per heavy atom. The zero-order chi connectivity index (χ0) is 11.5. The van der Waals surface area contributed by atoms with Crippen LogP contribution < -0.4 is 5.73 Å². The number of carbonyl (C=O) groups is 1. The third-order valence-corrected chi connectivity index (χ3v) is 1.61. The average Bonchev–Trinajstić information content (AvgIpc) is 2.16. The van der Waals surface area contributed by atoms with Crippen LogP contribution in [-0.4, -0.2) is 45.0 Å². The number of hydrogen-bond donors (Lipinski definition) is 1. The molecule has 0 aliphatic carbocycles. The highest BCUT2D eigenvalue weighted by molar-refractivity contribution is 5.70. The fourth-order valence-electron chi connectivity index (χ4n) is 0.847. The van der Waals surface area contributed by atoms with E-state index in [1.54, 1.807) is 6.92 Å². The Bertz CT molecular complexity index is 162. The van der Waals surface area contributed by atoms with Crippen LogP contribution in [0.15, 0.2) is 0 Å². The summed E-state index contributed by atoms with van der Waals surface area (Å²) >= 11 is 0. The molecule has 0 fully saturated rings. The summed E-state index contributed by atoms with van der Waals surface area (Å²) in [5.41, 5.74) is 5.53. The minimum Gasteiger partial charge on any atom is -0.464 e. The molecule has 0 radical (unpaired) electrons. The molecule has 0 amide bonds. The van der Waals surface area contributed by atoms with Gasteiger partial charge in [-0.1, -0.05) is 0 Å². The first-order valence-corrected chi connectivity index (χ1v) is 5.23. The zero-order valence-corrected chi connectivity index (χ0v) is 9.53. The van der Waals surface area contributed by atoms with Crippen LogP contribution in [-0.2, 0) is 19.0 Å². The average molecular weight is 219 g/mol. The topological polar surface area (TPSA) is 70.8 Å². The van der Waals surface area contributed by atoms with Crippen molar-refractivity contribution >= 4 is 5.97 Å². The molecule has 90 valence electrons. The van der Waals surface area contributed by atoms with Crippen LogP contribution in [0.5, 0.6) is 0 Å². The first-order chi connectivity index (χ1) is 7.16. The van der Waals surface area contributed by atoms with Gasteiger partial charge >= 0.3 is 5.97 Å². The Balaban J connectivity index is 3.08. The van der Waals surface area contributed by atoms with E-state index in [9.17, 15) is 4.79 Å². The van der Waals surface area contributed by atoms with Gasteiger partial charge in [-0.3, -0.25) is 0 Å². The Kier molecular flexibility index (Phi) is 9.46. The summed E-state index contributed by atoms with van der Waals surface area (Å²) in [6.07, 6.45) is 0.831. The molecule has 0 aliphatic heterocycles. The van der Waals surface area contributed by atoms with Crippen molar-refractivity contribution in [2.75, 3.05) is 33.0 Å². The van der Waals surface area contributed by atoms with Gasteiger partial charge in [0.1, 0.15) is 6.61 Å². The first-order valence-electron chi connectivity index (χ1n) is 5.23. The van der Waals surface area contributed by atoms with Crippen LogP contribution in [0.25, 0.3) is 0 Å². The lowest BCUT2D eigenvalue weighted by Gasteiger charge is -2.07. The molecule has 0 spiro atoms. The summed E-state index contributed by atoms with van der Waals surface area (Å²) in [5, 5.41) is 0. The van der Waals surface area contributed by atoms with Gasteiger partial charge in [0, 0.05) is 12.6 Å². The van der Waals surface area contributed by atoms with E-state index in [1.165, 1.54) is 0 Å². The first kappa shape index (κ1) is 14.3. The normalized spacial score (nSPS) is 12.5. The van der Waals surface area contributed by atoms with E-state index >= 15 is 0 Å². The van der Waals surface area contributed by atoms with E-state index in [0.29, 0.717) is 26.4 Å². The number of ether oxygens (including phenoxy) is 3. The molecule has 1 unspecified atom stereocenters. The number of rotatable bonds is 9. The van der Waals surface area contributed by atoms with Gasteiger partial charge < -0.3 is 19.9 Å². The van der Waals surface area contributed by atoms with Crippen molar-refractivity contribution in [1.29, 1.82) is 0 Å². The third-order valence-electron chi connectivity index (χ3n) is 1.61. The highest BCUT2D eigenvalue weighted by Gasteiger charge is 2.00. The molecule has 0 saturated carbocycles. The molecule has 0 aromatic heterocycles. The lowest BCUT2D eigenvalue weighted by atomic mass is 10.3. The standard InChI is InChI=1S/C10H21NO4/c1-3-15-10(12)8-14-7-6-13-5-4-9(2)11/h9H,3-8,11H2,1-2H3. The molecule has 5 heteroatoms. The highest BCUT2D eigenvalue weighted by Crippen LogP contribution is 1.88. The molecule has 1 atom stereocenters. The lowest BCUT2D eigenvalue weighted by molar-refractivity contribution is -0.148. The van der Waals surface area contributed by atoms with Gasteiger partial charge in [-0.05, 0) is 20.3 Å². The maximum Gasteiger partial charge on any atom is 0.332 e. The second-order valence-corrected chi connectivity index (χ2v) is 3.24. The van der Waals surface area contributed by atoms with Crippen LogP contribution in [0, 0.1) is 0 Å². The van der Waals surface area contributed by atoms with Gasteiger partial charge in [-0.15, -0.1) is 0 Å². The van der Waals surface area contributed by atoms with Gasteiger partial charge in [0.15, 0.2) is 0 Å². The highest BCUT2D eigenvalue weighted by atomic mass is 16.6. The van der Waals surface area contributed by atoms with E-state index < -0.39 is 0 Å². The molecular weight excluding hydrogens is 198 g/mol. The van der Waals surface area contributed by atoms with Crippen LogP contribution in [0.3, 0.4) is 0 Å². The van der Waals surface area contributed by atoms with Crippen LogP contribution in [0.4, 0.5) is 0 Å². The van der Waals surface area contributed by atoms with Crippen molar-refractivity contribution in [3.63, 3.8) is 0 Å². The van der Waals surface area contributed by atoms with Gasteiger partial charge in [0.25, 0.3) is 0 Å². The molecule has 2 N–H and O–H groups in total. The fraction of sp³-hybridized carbons (Fsp3) is 0.900. The quantitative estimate of drug-likeness (QED) is 0.446. The van der Waals surface area contributed by atoms with Gasteiger partial charge in [0.05, 0.1) is 19.8 Å². The minimum absolute atomic E-state index is 0.00943. The van der Waals surface area contributed by atoms with Gasteiger partial charge in [-0.2, -0.15) is 0 Å². The van der Waals surface area contributed by atoms with E-state index in [-0.39, 0.29) is 18.6 Å².